The van der Waals surface area contributed by atoms with Crippen molar-refractivity contribution in [1.82, 2.24) is 9.55 Å². The van der Waals surface area contributed by atoms with Crippen LogP contribution in [0.25, 0.3) is 0 Å². The Hall–Kier alpha value is -2.37. The van der Waals surface area contributed by atoms with Crippen LogP contribution in [0.3, 0.4) is 0 Å². The molecule has 0 saturated carbocycles. The number of anilines is 1. The van der Waals surface area contributed by atoms with Gasteiger partial charge in [-0.1, -0.05) is 0 Å². The van der Waals surface area contributed by atoms with Gasteiger partial charge in [0.1, 0.15) is 0 Å². The Balaban J connectivity index is 2.34. The number of non-ortho nitro benzene ring substituents is 1. The first kappa shape index (κ1) is 12.1. The summed E-state index contributed by atoms with van der Waals surface area (Å²) in [6, 6.07) is 4.85. The fourth-order valence-electron chi connectivity index (χ4n) is 1.76. The lowest BCUT2D eigenvalue weighted by atomic mass is 10.1. The lowest BCUT2D eigenvalue weighted by molar-refractivity contribution is -0.384. The summed E-state index contributed by atoms with van der Waals surface area (Å²) < 4.78 is 1.87. The van der Waals surface area contributed by atoms with Crippen molar-refractivity contribution in [1.29, 1.82) is 0 Å². The van der Waals surface area contributed by atoms with Gasteiger partial charge >= 0.3 is 0 Å². The van der Waals surface area contributed by atoms with Gasteiger partial charge in [-0.2, -0.15) is 0 Å². The minimum atomic E-state index is -0.382. The summed E-state index contributed by atoms with van der Waals surface area (Å²) in [6.45, 7) is 3.32. The van der Waals surface area contributed by atoms with Gasteiger partial charge in [-0.05, 0) is 13.0 Å². The van der Waals surface area contributed by atoms with E-state index in [4.69, 9.17) is 0 Å². The van der Waals surface area contributed by atoms with Crippen LogP contribution >= 0.6 is 0 Å². The van der Waals surface area contributed by atoms with Crippen molar-refractivity contribution in [2.75, 3.05) is 11.9 Å². The zero-order valence-electron chi connectivity index (χ0n) is 10.0. The second kappa shape index (κ2) is 5.31. The van der Waals surface area contributed by atoms with Crippen molar-refractivity contribution in [3.05, 3.63) is 52.6 Å². The number of nitrogens with one attached hydrogen (secondary N) is 1. The van der Waals surface area contributed by atoms with Crippen LogP contribution in [-0.2, 0) is 6.54 Å². The summed E-state index contributed by atoms with van der Waals surface area (Å²) in [7, 11) is 0. The van der Waals surface area contributed by atoms with Crippen molar-refractivity contribution < 1.29 is 4.92 Å². The minimum absolute atomic E-state index is 0.103. The Bertz CT molecular complexity index is 537. The van der Waals surface area contributed by atoms with E-state index in [0.717, 1.165) is 17.8 Å². The summed E-state index contributed by atoms with van der Waals surface area (Å²) in [4.78, 5) is 14.4. The molecule has 0 bridgehead atoms. The van der Waals surface area contributed by atoms with Crippen LogP contribution in [0.4, 0.5) is 11.4 Å². The molecule has 1 N–H and O–H groups in total. The van der Waals surface area contributed by atoms with Crippen molar-refractivity contribution in [3.8, 4) is 0 Å². The Morgan fingerprint density at radius 3 is 2.94 bits per heavy atom. The quantitative estimate of drug-likeness (QED) is 0.648. The third-order valence-corrected chi connectivity index (χ3v) is 2.58. The molecule has 1 heterocycles. The van der Waals surface area contributed by atoms with Gasteiger partial charge < -0.3 is 9.88 Å². The van der Waals surface area contributed by atoms with Crippen LogP contribution in [0.2, 0.25) is 0 Å². The Morgan fingerprint density at radius 2 is 2.33 bits per heavy atom. The first-order valence-electron chi connectivity index (χ1n) is 5.67. The van der Waals surface area contributed by atoms with Gasteiger partial charge in [-0.15, -0.1) is 0 Å². The summed E-state index contributed by atoms with van der Waals surface area (Å²) in [5.41, 5.74) is 1.90. The first-order valence-corrected chi connectivity index (χ1v) is 5.67. The topological polar surface area (TPSA) is 73.0 Å². The van der Waals surface area contributed by atoms with Gasteiger partial charge in [0.25, 0.3) is 5.69 Å². The fraction of sp³-hybridized carbons (Fsp3) is 0.250. The zero-order valence-corrected chi connectivity index (χ0v) is 10.0. The van der Waals surface area contributed by atoms with Crippen molar-refractivity contribution in [2.24, 2.45) is 0 Å². The zero-order chi connectivity index (χ0) is 13.0. The van der Waals surface area contributed by atoms with E-state index < -0.39 is 0 Å². The summed E-state index contributed by atoms with van der Waals surface area (Å²) in [6.07, 6.45) is 5.20. The molecule has 0 saturated heterocycles. The molecule has 1 aromatic heterocycles. The van der Waals surface area contributed by atoms with Crippen LogP contribution in [-0.4, -0.2) is 21.0 Å². The summed E-state index contributed by atoms with van der Waals surface area (Å²) >= 11 is 0. The van der Waals surface area contributed by atoms with E-state index in [0.29, 0.717) is 6.54 Å². The third kappa shape index (κ3) is 2.65. The molecule has 6 heteroatoms. The molecule has 0 atom stereocenters. The van der Waals surface area contributed by atoms with Crippen LogP contribution in [0.5, 0.6) is 0 Å². The maximum atomic E-state index is 10.8. The Morgan fingerprint density at radius 1 is 1.50 bits per heavy atom. The molecule has 94 valence electrons. The molecule has 18 heavy (non-hydrogen) atoms. The molecule has 2 aromatic rings. The number of hydrogen-bond donors (Lipinski definition) is 1. The molecule has 0 radical (unpaired) electrons. The Kier molecular flexibility index (Phi) is 3.57. The smallest absolute Gasteiger partial charge is 0.269 e. The lowest BCUT2D eigenvalue weighted by Crippen LogP contribution is -2.05. The molecule has 1 aromatic carbocycles. The average molecular weight is 246 g/mol. The van der Waals surface area contributed by atoms with E-state index in [9.17, 15) is 10.1 Å². The molecule has 0 unspecified atom stereocenters. The number of imidazole rings is 1. The van der Waals surface area contributed by atoms with Gasteiger partial charge in [0.05, 0.1) is 17.8 Å². The first-order chi connectivity index (χ1) is 8.70. The van der Waals surface area contributed by atoms with Crippen molar-refractivity contribution in [2.45, 2.75) is 13.5 Å². The van der Waals surface area contributed by atoms with E-state index in [2.05, 4.69) is 10.3 Å². The molecule has 0 spiro atoms. The van der Waals surface area contributed by atoms with Crippen LogP contribution in [0.1, 0.15) is 12.5 Å². The number of rotatable bonds is 5. The molecule has 0 fully saturated rings. The number of nitrogens with zero attached hydrogens (tertiary/aromatic N) is 3. The SMILES string of the molecule is CCNc1ccc([N+](=O)[O-])cc1Cn1ccnc1. The second-order valence-electron chi connectivity index (χ2n) is 3.86. The fourth-order valence-corrected chi connectivity index (χ4v) is 1.76. The molecular weight excluding hydrogens is 232 g/mol. The predicted octanol–water partition coefficient (Wildman–Crippen LogP) is 2.27. The molecule has 0 aliphatic heterocycles. The molecular formula is C12H14N4O2. The maximum absolute atomic E-state index is 10.8. The van der Waals surface area contributed by atoms with E-state index >= 15 is 0 Å². The molecule has 0 aliphatic carbocycles. The molecule has 0 amide bonds. The number of hydrogen-bond acceptors (Lipinski definition) is 4. The monoisotopic (exact) mass is 246 g/mol. The Labute approximate surface area is 104 Å². The second-order valence-corrected chi connectivity index (χ2v) is 3.86. The van der Waals surface area contributed by atoms with Crippen molar-refractivity contribution in [3.63, 3.8) is 0 Å². The van der Waals surface area contributed by atoms with E-state index in [1.165, 1.54) is 6.07 Å². The highest BCUT2D eigenvalue weighted by Crippen LogP contribution is 2.22. The minimum Gasteiger partial charge on any atom is -0.385 e. The van der Waals surface area contributed by atoms with Gasteiger partial charge in [0.2, 0.25) is 0 Å². The van der Waals surface area contributed by atoms with Crippen LogP contribution < -0.4 is 5.32 Å². The van der Waals surface area contributed by atoms with Gasteiger partial charge in [-0.3, -0.25) is 10.1 Å². The normalized spacial score (nSPS) is 10.3. The lowest BCUT2D eigenvalue weighted by Gasteiger charge is -2.11. The number of nitro benzene ring substituents is 1. The number of nitro groups is 1. The number of aromatic nitrogens is 2. The highest BCUT2D eigenvalue weighted by Gasteiger charge is 2.10. The standard InChI is InChI=1S/C12H14N4O2/c1-2-14-12-4-3-11(16(17)18)7-10(12)8-15-6-5-13-9-15/h3-7,9,14H,2,8H2,1H3. The summed E-state index contributed by atoms with van der Waals surface area (Å²) in [5, 5.41) is 14.0. The van der Waals surface area contributed by atoms with E-state index in [-0.39, 0.29) is 10.6 Å². The van der Waals surface area contributed by atoms with Crippen LogP contribution in [0.15, 0.2) is 36.9 Å². The molecule has 0 aliphatic rings. The van der Waals surface area contributed by atoms with Gasteiger partial charge in [0.15, 0.2) is 0 Å². The van der Waals surface area contributed by atoms with E-state index in [1.807, 2.05) is 17.7 Å². The summed E-state index contributed by atoms with van der Waals surface area (Å²) in [5.74, 6) is 0. The van der Waals surface area contributed by atoms with Gasteiger partial charge in [0, 0.05) is 42.3 Å². The predicted molar refractivity (Wildman–Crippen MR) is 68.6 cm³/mol. The maximum Gasteiger partial charge on any atom is 0.269 e. The van der Waals surface area contributed by atoms with Gasteiger partial charge in [-0.25, -0.2) is 4.98 Å². The van der Waals surface area contributed by atoms with E-state index in [1.54, 1.807) is 24.7 Å². The highest BCUT2D eigenvalue weighted by molar-refractivity contribution is 5.56. The average Bonchev–Trinajstić information content (AvgIpc) is 2.84. The molecule has 6 nitrogen and oxygen atoms in total. The van der Waals surface area contributed by atoms with Crippen LogP contribution in [0, 0.1) is 10.1 Å². The number of benzene rings is 1. The van der Waals surface area contributed by atoms with Crippen molar-refractivity contribution >= 4 is 11.4 Å². The molecule has 2 rings (SSSR count). The third-order valence-electron chi connectivity index (χ3n) is 2.58. The highest BCUT2D eigenvalue weighted by atomic mass is 16.6. The largest absolute Gasteiger partial charge is 0.385 e.